The standard InChI is InChI=1S/C22H24FN5O.C11H20N2O3.C10H16N2O2.CH2O2/c23-19-10-5-4-7-16(19)13-17(24)14-21(29)27-12-6-11-20(27)22-25-15-28(26-22)18-8-2-1-3-9-18;1-11(2,3)16-10(14)13-7-5-6-8(13)9(12)15-4;1-10(2,3)14-9(13)12-6-4-5-8(12)7-11;2-1-3/h1-5,7-10,15,17,20H,6,11-14,24H2;8,12H,5-7H2,1-4H3;8H,4-6H2,1-3H3;1H,(H,2,3)/t17-,20+;2*8-;/m100./s1. The van der Waals surface area contributed by atoms with E-state index in [1.165, 1.54) is 18.1 Å². The Kier molecular flexibility index (Phi) is 19.3. The van der Waals surface area contributed by atoms with Crippen molar-refractivity contribution in [2.75, 3.05) is 26.7 Å². The Bertz CT molecular complexity index is 1960. The van der Waals surface area contributed by atoms with E-state index < -0.39 is 17.2 Å². The summed E-state index contributed by atoms with van der Waals surface area (Å²) in [5.74, 6) is 0.447. The molecule has 0 unspecified atom stereocenters. The van der Waals surface area contributed by atoms with Gasteiger partial charge >= 0.3 is 12.2 Å². The van der Waals surface area contributed by atoms with Gasteiger partial charge in [0.2, 0.25) is 11.8 Å². The maximum atomic E-state index is 13.8. The van der Waals surface area contributed by atoms with Crippen molar-refractivity contribution in [3.05, 3.63) is 78.1 Å². The fourth-order valence-corrected chi connectivity index (χ4v) is 6.98. The highest BCUT2D eigenvalue weighted by atomic mass is 19.1. The van der Waals surface area contributed by atoms with Gasteiger partial charge in [-0.1, -0.05) is 36.4 Å². The van der Waals surface area contributed by atoms with E-state index in [4.69, 9.17) is 40.5 Å². The third-order valence-electron chi connectivity index (χ3n) is 9.71. The molecule has 3 aromatic rings. The summed E-state index contributed by atoms with van der Waals surface area (Å²) in [7, 11) is 1.45. The number of nitrogens with two attached hydrogens (primary N) is 1. The summed E-state index contributed by atoms with van der Waals surface area (Å²) >= 11 is 0. The molecule has 0 radical (unpaired) electrons. The van der Waals surface area contributed by atoms with Crippen molar-refractivity contribution >= 4 is 30.5 Å². The number of halogens is 1. The quantitative estimate of drug-likeness (QED) is 0.129. The van der Waals surface area contributed by atoms with E-state index in [1.807, 2.05) is 76.8 Å². The number of benzene rings is 2. The first-order valence-corrected chi connectivity index (χ1v) is 20.7. The van der Waals surface area contributed by atoms with Gasteiger partial charge in [0.05, 0.1) is 24.9 Å². The van der Waals surface area contributed by atoms with Crippen LogP contribution in [0.5, 0.6) is 0 Å². The summed E-state index contributed by atoms with van der Waals surface area (Å²) in [6, 6.07) is 17.2. The number of nitrogens with one attached hydrogen (secondary N) is 1. The van der Waals surface area contributed by atoms with Gasteiger partial charge in [0, 0.05) is 32.1 Å². The molecule has 17 nitrogen and oxygen atoms in total. The lowest BCUT2D eigenvalue weighted by atomic mass is 10.0. The van der Waals surface area contributed by atoms with Crippen LogP contribution in [-0.4, -0.2) is 121 Å². The Morgan fingerprint density at radius 1 is 0.919 bits per heavy atom. The number of aromatic nitrogens is 3. The number of hydrogen-bond acceptors (Lipinski definition) is 12. The molecule has 2 aromatic carbocycles. The van der Waals surface area contributed by atoms with Gasteiger partial charge in [-0.05, 0) is 110 Å². The van der Waals surface area contributed by atoms with Gasteiger partial charge in [0.15, 0.2) is 5.82 Å². The summed E-state index contributed by atoms with van der Waals surface area (Å²) in [4.78, 5) is 54.0. The SMILES string of the molecule is CC(C)(C)OC(=O)N1CCC[C@H]1C#N.COC(=N)[C@@H]1CCCN1C(=O)OC(C)(C)C.N[C@@H](CC(=O)N1CCC[C@H]1c1ncn(-c2ccccc2)n1)Cc1ccccc1F.O=CO. The number of nitrogens with zero attached hydrogens (tertiary/aromatic N) is 7. The summed E-state index contributed by atoms with van der Waals surface area (Å²) in [6.07, 6.45) is 6.47. The van der Waals surface area contributed by atoms with Crippen LogP contribution in [0.1, 0.15) is 104 Å². The molecule has 3 amide bonds. The second-order valence-electron chi connectivity index (χ2n) is 16.9. The summed E-state index contributed by atoms with van der Waals surface area (Å²) in [6.45, 7) is 12.6. The number of likely N-dealkylation sites (tertiary alicyclic amines) is 3. The number of carboxylic acid groups (broad SMARTS) is 1. The average Bonchev–Trinajstić information content (AvgIpc) is 4.05. The topological polar surface area (TPSA) is 230 Å². The number of carbonyl (C=O) groups is 4. The molecular formula is C44H62FN9O8. The van der Waals surface area contributed by atoms with Crippen molar-refractivity contribution in [1.29, 1.82) is 10.7 Å². The Morgan fingerprint density at radius 3 is 2.06 bits per heavy atom. The van der Waals surface area contributed by atoms with E-state index in [-0.39, 0.29) is 60.8 Å². The highest BCUT2D eigenvalue weighted by molar-refractivity contribution is 5.84. The number of para-hydroxylation sites is 1. The van der Waals surface area contributed by atoms with Crippen molar-refractivity contribution in [1.82, 2.24) is 29.5 Å². The first-order valence-electron chi connectivity index (χ1n) is 20.7. The molecule has 0 saturated carbocycles. The van der Waals surface area contributed by atoms with Crippen LogP contribution in [0.4, 0.5) is 14.0 Å². The van der Waals surface area contributed by atoms with E-state index in [0.29, 0.717) is 37.4 Å². The molecule has 3 aliphatic heterocycles. The van der Waals surface area contributed by atoms with Crippen LogP contribution in [-0.2, 0) is 30.2 Å². The van der Waals surface area contributed by atoms with Gasteiger partial charge < -0.3 is 30.0 Å². The normalized spacial score (nSPS) is 18.6. The molecule has 1 aromatic heterocycles. The molecule has 62 heavy (non-hydrogen) atoms. The molecule has 0 bridgehead atoms. The lowest BCUT2D eigenvalue weighted by Gasteiger charge is -2.28. The lowest BCUT2D eigenvalue weighted by Crippen LogP contribution is -2.43. The molecular weight excluding hydrogens is 802 g/mol. The van der Waals surface area contributed by atoms with Crippen LogP contribution >= 0.6 is 0 Å². The van der Waals surface area contributed by atoms with Crippen LogP contribution in [0.3, 0.4) is 0 Å². The Morgan fingerprint density at radius 2 is 1.47 bits per heavy atom. The number of ether oxygens (including phenoxy) is 3. The summed E-state index contributed by atoms with van der Waals surface area (Å²) in [5.41, 5.74) is 6.63. The number of nitriles is 1. The van der Waals surface area contributed by atoms with Crippen LogP contribution in [0, 0.1) is 22.6 Å². The zero-order chi connectivity index (χ0) is 46.0. The predicted octanol–water partition coefficient (Wildman–Crippen LogP) is 6.65. The van der Waals surface area contributed by atoms with E-state index in [0.717, 1.165) is 44.2 Å². The van der Waals surface area contributed by atoms with Crippen LogP contribution < -0.4 is 5.73 Å². The van der Waals surface area contributed by atoms with E-state index in [9.17, 15) is 18.8 Å². The van der Waals surface area contributed by atoms with Crippen molar-refractivity contribution in [3.8, 4) is 11.8 Å². The van der Waals surface area contributed by atoms with Crippen molar-refractivity contribution in [2.45, 2.75) is 128 Å². The number of hydrogen-bond donors (Lipinski definition) is 3. The average molecular weight is 864 g/mol. The Labute approximate surface area is 363 Å². The van der Waals surface area contributed by atoms with E-state index in [1.54, 1.807) is 34.1 Å². The van der Waals surface area contributed by atoms with Crippen molar-refractivity contribution in [2.24, 2.45) is 5.73 Å². The highest BCUT2D eigenvalue weighted by Crippen LogP contribution is 2.31. The zero-order valence-corrected chi connectivity index (χ0v) is 36.8. The molecule has 0 spiro atoms. The number of rotatable bonds is 7. The maximum absolute atomic E-state index is 13.8. The van der Waals surface area contributed by atoms with Crippen molar-refractivity contribution in [3.63, 3.8) is 0 Å². The monoisotopic (exact) mass is 863 g/mol. The van der Waals surface area contributed by atoms with Gasteiger partial charge in [0.1, 0.15) is 35.4 Å². The maximum Gasteiger partial charge on any atom is 0.411 e. The first-order chi connectivity index (χ1) is 29.3. The lowest BCUT2D eigenvalue weighted by molar-refractivity contribution is -0.132. The van der Waals surface area contributed by atoms with Gasteiger partial charge in [0.25, 0.3) is 6.47 Å². The molecule has 0 aliphatic carbocycles. The number of amides is 3. The second kappa shape index (κ2) is 23.8. The van der Waals surface area contributed by atoms with Gasteiger partial charge in [-0.3, -0.25) is 24.8 Å². The van der Waals surface area contributed by atoms with Gasteiger partial charge in [-0.2, -0.15) is 5.26 Å². The van der Waals surface area contributed by atoms with Crippen LogP contribution in [0.25, 0.3) is 5.69 Å². The van der Waals surface area contributed by atoms with Crippen LogP contribution in [0.2, 0.25) is 0 Å². The minimum Gasteiger partial charge on any atom is -0.483 e. The summed E-state index contributed by atoms with van der Waals surface area (Å²) < 4.78 is 30.9. The number of carbonyl (C=O) groups excluding carboxylic acids is 3. The van der Waals surface area contributed by atoms with Crippen molar-refractivity contribution < 1.29 is 42.9 Å². The molecule has 4 N–H and O–H groups in total. The predicted molar refractivity (Wildman–Crippen MR) is 229 cm³/mol. The fourth-order valence-electron chi connectivity index (χ4n) is 6.98. The zero-order valence-electron chi connectivity index (χ0n) is 36.8. The Balaban J connectivity index is 0.000000263. The summed E-state index contributed by atoms with van der Waals surface area (Å²) in [5, 5.41) is 27.9. The molecule has 3 saturated heterocycles. The minimum atomic E-state index is -0.501. The highest BCUT2D eigenvalue weighted by Gasteiger charge is 2.36. The molecule has 4 atom stereocenters. The molecule has 3 aliphatic rings. The molecule has 4 heterocycles. The third-order valence-corrected chi connectivity index (χ3v) is 9.71. The van der Waals surface area contributed by atoms with Gasteiger partial charge in [-0.25, -0.2) is 23.6 Å². The minimum absolute atomic E-state index is 0.0348. The van der Waals surface area contributed by atoms with Gasteiger partial charge in [-0.15, -0.1) is 5.10 Å². The fraction of sp³-hybridized carbons (Fsp3) is 0.545. The third kappa shape index (κ3) is 15.7. The second-order valence-corrected chi connectivity index (χ2v) is 16.9. The largest absolute Gasteiger partial charge is 0.483 e. The van der Waals surface area contributed by atoms with Crippen LogP contribution in [0.15, 0.2) is 60.9 Å². The molecule has 18 heteroatoms. The van der Waals surface area contributed by atoms with E-state index >= 15 is 0 Å². The number of methoxy groups -OCH3 is 1. The molecule has 338 valence electrons. The first kappa shape index (κ1) is 50.3. The smallest absolute Gasteiger partial charge is 0.411 e. The van der Waals surface area contributed by atoms with E-state index in [2.05, 4.69) is 16.2 Å². The Hall–Kier alpha value is -6.09. The molecule has 6 rings (SSSR count). The molecule has 3 fully saturated rings.